The van der Waals surface area contributed by atoms with Gasteiger partial charge in [-0.05, 0) is 0 Å². The van der Waals surface area contributed by atoms with Gasteiger partial charge in [-0.1, -0.05) is 13.2 Å². The minimum absolute atomic E-state index is 0.0433. The normalized spacial score (nSPS) is 8.42. The van der Waals surface area contributed by atoms with Crippen molar-refractivity contribution in [3.63, 3.8) is 0 Å². The van der Waals surface area contributed by atoms with Gasteiger partial charge in [-0.25, -0.2) is 4.79 Å². The van der Waals surface area contributed by atoms with Crippen LogP contribution < -0.4 is 0 Å². The van der Waals surface area contributed by atoms with E-state index in [0.717, 1.165) is 6.26 Å². The van der Waals surface area contributed by atoms with Gasteiger partial charge in [0.1, 0.15) is 0 Å². The summed E-state index contributed by atoms with van der Waals surface area (Å²) in [6.45, 7) is 6.52. The first-order chi connectivity index (χ1) is 5.61. The van der Waals surface area contributed by atoms with Crippen molar-refractivity contribution >= 4 is 11.9 Å². The van der Waals surface area contributed by atoms with Gasteiger partial charge in [0, 0.05) is 5.57 Å². The summed E-state index contributed by atoms with van der Waals surface area (Å²) < 4.78 is 8.68. The molecule has 0 aliphatic heterocycles. The van der Waals surface area contributed by atoms with Crippen LogP contribution in [0.2, 0.25) is 0 Å². The van der Waals surface area contributed by atoms with E-state index in [4.69, 9.17) is 0 Å². The molecule has 0 atom stereocenters. The van der Waals surface area contributed by atoms with E-state index in [1.165, 1.54) is 7.11 Å². The third-order valence-electron chi connectivity index (χ3n) is 1.06. The number of hydrogen-bond acceptors (Lipinski definition) is 4. The lowest BCUT2D eigenvalue weighted by Gasteiger charge is -2.00. The van der Waals surface area contributed by atoms with Gasteiger partial charge in [0.15, 0.2) is 0 Å². The highest BCUT2D eigenvalue weighted by Crippen LogP contribution is 2.02. The highest BCUT2D eigenvalue weighted by molar-refractivity contribution is 5.93. The molecule has 0 aromatic carbocycles. The Morgan fingerprint density at radius 3 is 2.50 bits per heavy atom. The van der Waals surface area contributed by atoms with Crippen molar-refractivity contribution in [3.05, 3.63) is 25.0 Å². The predicted octanol–water partition coefficient (Wildman–Crippen LogP) is 0.792. The minimum atomic E-state index is -0.671. The molecule has 0 unspecified atom stereocenters. The molecule has 0 fully saturated rings. The van der Waals surface area contributed by atoms with Crippen molar-refractivity contribution in [3.8, 4) is 0 Å². The van der Waals surface area contributed by atoms with Crippen LogP contribution in [0.15, 0.2) is 25.0 Å². The number of ether oxygens (including phenoxy) is 2. The van der Waals surface area contributed by atoms with Crippen LogP contribution in [0.1, 0.15) is 6.42 Å². The zero-order chi connectivity index (χ0) is 9.56. The Bertz CT molecular complexity index is 217. The lowest BCUT2D eigenvalue weighted by Crippen LogP contribution is -2.09. The summed E-state index contributed by atoms with van der Waals surface area (Å²) in [6, 6.07) is 0. The zero-order valence-corrected chi connectivity index (χ0v) is 6.83. The third-order valence-corrected chi connectivity index (χ3v) is 1.06. The van der Waals surface area contributed by atoms with Gasteiger partial charge >= 0.3 is 11.9 Å². The molecule has 4 nitrogen and oxygen atoms in total. The van der Waals surface area contributed by atoms with E-state index in [0.29, 0.717) is 0 Å². The van der Waals surface area contributed by atoms with E-state index in [1.807, 2.05) is 0 Å². The Balaban J connectivity index is 3.95. The largest absolute Gasteiger partial charge is 0.469 e. The van der Waals surface area contributed by atoms with Crippen LogP contribution in [-0.2, 0) is 19.1 Å². The van der Waals surface area contributed by atoms with Crippen LogP contribution in [0.5, 0.6) is 0 Å². The van der Waals surface area contributed by atoms with E-state index in [2.05, 4.69) is 22.6 Å². The fourth-order valence-corrected chi connectivity index (χ4v) is 0.478. The molecule has 0 rings (SSSR count). The van der Waals surface area contributed by atoms with Crippen LogP contribution in [0, 0.1) is 0 Å². The average molecular weight is 170 g/mol. The molecule has 0 aromatic rings. The second-order valence-electron chi connectivity index (χ2n) is 1.93. The number of methoxy groups -OCH3 is 1. The maximum absolute atomic E-state index is 10.8. The Labute approximate surface area is 70.5 Å². The maximum atomic E-state index is 10.8. The SMILES string of the molecule is C=COC(=O)C(=C)CC(=O)OC. The molecule has 0 heterocycles. The Hall–Kier alpha value is -1.58. The molecule has 0 spiro atoms. The van der Waals surface area contributed by atoms with Crippen LogP contribution in [0.4, 0.5) is 0 Å². The smallest absolute Gasteiger partial charge is 0.338 e. The van der Waals surface area contributed by atoms with Gasteiger partial charge in [-0.2, -0.15) is 0 Å². The molecular formula is C8H10O4. The molecule has 0 bridgehead atoms. The summed E-state index contributed by atoms with van der Waals surface area (Å²) in [7, 11) is 1.23. The molecule has 66 valence electrons. The standard InChI is InChI=1S/C8H10O4/c1-4-12-8(10)6(2)5-7(9)11-3/h4H,1-2,5H2,3H3. The van der Waals surface area contributed by atoms with Crippen molar-refractivity contribution in [2.24, 2.45) is 0 Å². The highest BCUT2D eigenvalue weighted by atomic mass is 16.5. The molecule has 0 N–H and O–H groups in total. The molecule has 0 amide bonds. The molecule has 4 heteroatoms. The second-order valence-corrected chi connectivity index (χ2v) is 1.93. The van der Waals surface area contributed by atoms with E-state index in [-0.39, 0.29) is 12.0 Å². The van der Waals surface area contributed by atoms with E-state index >= 15 is 0 Å². The van der Waals surface area contributed by atoms with E-state index < -0.39 is 11.9 Å². The van der Waals surface area contributed by atoms with Crippen molar-refractivity contribution in [2.45, 2.75) is 6.42 Å². The van der Waals surface area contributed by atoms with Crippen LogP contribution in [-0.4, -0.2) is 19.0 Å². The molecule has 12 heavy (non-hydrogen) atoms. The highest BCUT2D eigenvalue weighted by Gasteiger charge is 2.11. The topological polar surface area (TPSA) is 52.6 Å². The third kappa shape index (κ3) is 3.55. The second kappa shape index (κ2) is 5.12. The Kier molecular flexibility index (Phi) is 4.45. The lowest BCUT2D eigenvalue weighted by atomic mass is 10.2. The zero-order valence-electron chi connectivity index (χ0n) is 6.83. The van der Waals surface area contributed by atoms with Crippen LogP contribution >= 0.6 is 0 Å². The maximum Gasteiger partial charge on any atom is 0.338 e. The minimum Gasteiger partial charge on any atom is -0.469 e. The lowest BCUT2D eigenvalue weighted by molar-refractivity contribution is -0.142. The van der Waals surface area contributed by atoms with Gasteiger partial charge in [0.2, 0.25) is 0 Å². The monoisotopic (exact) mass is 170 g/mol. The van der Waals surface area contributed by atoms with Gasteiger partial charge in [-0.15, -0.1) is 0 Å². The van der Waals surface area contributed by atoms with Gasteiger partial charge in [-0.3, -0.25) is 4.79 Å². The first-order valence-corrected chi connectivity index (χ1v) is 3.18. The summed E-state index contributed by atoms with van der Waals surface area (Å²) >= 11 is 0. The number of esters is 2. The Morgan fingerprint density at radius 1 is 1.50 bits per heavy atom. The number of carbonyl (C=O) groups is 2. The van der Waals surface area contributed by atoms with Crippen molar-refractivity contribution in [1.82, 2.24) is 0 Å². The van der Waals surface area contributed by atoms with E-state index in [9.17, 15) is 9.59 Å². The fraction of sp³-hybridized carbons (Fsp3) is 0.250. The van der Waals surface area contributed by atoms with Crippen LogP contribution in [0.3, 0.4) is 0 Å². The van der Waals surface area contributed by atoms with Gasteiger partial charge in [0.25, 0.3) is 0 Å². The number of carbonyl (C=O) groups excluding carboxylic acids is 2. The molecular weight excluding hydrogens is 160 g/mol. The molecule has 0 saturated heterocycles. The quantitative estimate of drug-likeness (QED) is 0.355. The van der Waals surface area contributed by atoms with Crippen molar-refractivity contribution in [1.29, 1.82) is 0 Å². The fourth-order valence-electron chi connectivity index (χ4n) is 0.478. The Morgan fingerprint density at radius 2 is 2.08 bits per heavy atom. The average Bonchev–Trinajstić information content (AvgIpc) is 2.04. The summed E-state index contributed by atoms with van der Waals surface area (Å²) in [6.07, 6.45) is 0.813. The molecule has 0 aromatic heterocycles. The first-order valence-electron chi connectivity index (χ1n) is 3.18. The molecule has 0 saturated carbocycles. The summed E-state index contributed by atoms with van der Waals surface area (Å²) in [5, 5.41) is 0. The number of hydrogen-bond donors (Lipinski definition) is 0. The molecule has 0 aliphatic carbocycles. The summed E-state index contributed by atoms with van der Waals surface area (Å²) in [5.74, 6) is -1.20. The van der Waals surface area contributed by atoms with E-state index in [1.54, 1.807) is 0 Å². The molecule has 0 radical (unpaired) electrons. The summed E-state index contributed by atoms with van der Waals surface area (Å²) in [4.78, 5) is 21.4. The van der Waals surface area contributed by atoms with Crippen LogP contribution in [0.25, 0.3) is 0 Å². The van der Waals surface area contributed by atoms with Crippen molar-refractivity contribution < 1.29 is 19.1 Å². The van der Waals surface area contributed by atoms with Crippen molar-refractivity contribution in [2.75, 3.05) is 7.11 Å². The van der Waals surface area contributed by atoms with Gasteiger partial charge in [0.05, 0.1) is 19.8 Å². The van der Waals surface area contributed by atoms with Gasteiger partial charge < -0.3 is 9.47 Å². The molecule has 0 aliphatic rings. The predicted molar refractivity (Wildman–Crippen MR) is 42.1 cm³/mol. The number of rotatable bonds is 4. The first kappa shape index (κ1) is 10.4. The summed E-state index contributed by atoms with van der Waals surface area (Å²) in [5.41, 5.74) is 0.0433.